The maximum Gasteiger partial charge on any atom is 0.263 e. The lowest BCUT2D eigenvalue weighted by molar-refractivity contribution is 0.480. The quantitative estimate of drug-likeness (QED) is 0.622. The van der Waals surface area contributed by atoms with Crippen LogP contribution in [-0.2, 0) is 10.0 Å². The summed E-state index contributed by atoms with van der Waals surface area (Å²) in [4.78, 5) is 4.18. The normalized spacial score (nSPS) is 11.2. The molecule has 0 saturated heterocycles. The molecule has 3 aromatic rings. The van der Waals surface area contributed by atoms with Gasteiger partial charge in [0.1, 0.15) is 17.3 Å². The smallest absolute Gasteiger partial charge is 0.263 e. The molecule has 8 heteroatoms. The van der Waals surface area contributed by atoms with E-state index in [9.17, 15) is 8.42 Å². The van der Waals surface area contributed by atoms with Crippen LogP contribution in [-0.4, -0.2) is 13.4 Å². The first-order valence-electron chi connectivity index (χ1n) is 7.53. The monoisotopic (exact) mass is 408 g/mol. The van der Waals surface area contributed by atoms with E-state index < -0.39 is 10.0 Å². The summed E-state index contributed by atoms with van der Waals surface area (Å²) in [6.45, 7) is 1.64. The Labute approximate surface area is 161 Å². The molecule has 0 saturated carbocycles. The minimum Gasteiger partial charge on any atom is -0.454 e. The summed E-state index contributed by atoms with van der Waals surface area (Å²) in [5.41, 5.74) is 0.473. The van der Waals surface area contributed by atoms with Gasteiger partial charge in [0, 0.05) is 5.02 Å². The SMILES string of the molecule is Cc1c(Cl)cccc1S(=O)(=O)Nc1ccc(Oc2ccccc2Cl)cn1. The summed E-state index contributed by atoms with van der Waals surface area (Å²) in [6.07, 6.45) is 1.41. The molecule has 0 bridgehead atoms. The van der Waals surface area contributed by atoms with Gasteiger partial charge in [0.05, 0.1) is 16.1 Å². The predicted octanol–water partition coefficient (Wildman–Crippen LogP) is 5.29. The van der Waals surface area contributed by atoms with E-state index in [1.165, 1.54) is 18.3 Å². The summed E-state index contributed by atoms with van der Waals surface area (Å²) in [6, 6.07) is 14.8. The number of ether oxygens (including phenoxy) is 1. The molecule has 26 heavy (non-hydrogen) atoms. The van der Waals surface area contributed by atoms with Gasteiger partial charge >= 0.3 is 0 Å². The van der Waals surface area contributed by atoms with Gasteiger partial charge in [-0.25, -0.2) is 13.4 Å². The molecular formula is C18H14Cl2N2O3S. The molecule has 0 aliphatic carbocycles. The van der Waals surface area contributed by atoms with Gasteiger partial charge in [0.25, 0.3) is 10.0 Å². The van der Waals surface area contributed by atoms with Gasteiger partial charge < -0.3 is 4.74 Å². The third-order valence-corrected chi connectivity index (χ3v) is 5.77. The first-order valence-corrected chi connectivity index (χ1v) is 9.77. The van der Waals surface area contributed by atoms with Crippen molar-refractivity contribution in [2.45, 2.75) is 11.8 Å². The molecule has 0 spiro atoms. The first kappa shape index (κ1) is 18.5. The number of hydrogen-bond donors (Lipinski definition) is 1. The molecule has 3 rings (SSSR count). The fraction of sp³-hybridized carbons (Fsp3) is 0.0556. The number of benzene rings is 2. The van der Waals surface area contributed by atoms with Crippen molar-refractivity contribution in [1.29, 1.82) is 0 Å². The Morgan fingerprint density at radius 3 is 2.38 bits per heavy atom. The van der Waals surface area contributed by atoms with Crippen molar-refractivity contribution in [2.75, 3.05) is 4.72 Å². The number of halogens is 2. The number of anilines is 1. The number of nitrogens with zero attached hydrogens (tertiary/aromatic N) is 1. The van der Waals surface area contributed by atoms with Crippen LogP contribution in [0.3, 0.4) is 0 Å². The highest BCUT2D eigenvalue weighted by Gasteiger charge is 2.18. The van der Waals surface area contributed by atoms with E-state index in [1.54, 1.807) is 49.4 Å². The van der Waals surface area contributed by atoms with Gasteiger partial charge in [-0.05, 0) is 48.9 Å². The average Bonchev–Trinajstić information content (AvgIpc) is 2.60. The van der Waals surface area contributed by atoms with E-state index >= 15 is 0 Å². The molecule has 1 heterocycles. The molecule has 5 nitrogen and oxygen atoms in total. The van der Waals surface area contributed by atoms with Gasteiger partial charge in [0.15, 0.2) is 0 Å². The molecule has 1 N–H and O–H groups in total. The summed E-state index contributed by atoms with van der Waals surface area (Å²) >= 11 is 12.0. The van der Waals surface area contributed by atoms with Crippen LogP contribution in [0.2, 0.25) is 10.0 Å². The molecule has 0 unspecified atom stereocenters. The van der Waals surface area contributed by atoms with E-state index in [-0.39, 0.29) is 10.7 Å². The molecule has 1 aromatic heterocycles. The second kappa shape index (κ2) is 7.53. The van der Waals surface area contributed by atoms with Gasteiger partial charge in [0.2, 0.25) is 0 Å². The molecule has 0 amide bonds. The van der Waals surface area contributed by atoms with Crippen LogP contribution in [0, 0.1) is 6.92 Å². The van der Waals surface area contributed by atoms with E-state index in [1.807, 2.05) is 0 Å². The third kappa shape index (κ3) is 4.09. The number of aromatic nitrogens is 1. The molecule has 134 valence electrons. The second-order valence-corrected chi connectivity index (χ2v) is 7.85. The Bertz CT molecular complexity index is 1040. The van der Waals surface area contributed by atoms with Crippen LogP contribution in [0.15, 0.2) is 65.7 Å². The van der Waals surface area contributed by atoms with Crippen LogP contribution in [0.5, 0.6) is 11.5 Å². The fourth-order valence-electron chi connectivity index (χ4n) is 2.23. The van der Waals surface area contributed by atoms with Gasteiger partial charge in [-0.15, -0.1) is 0 Å². The van der Waals surface area contributed by atoms with Crippen molar-refractivity contribution in [3.05, 3.63) is 76.4 Å². The third-order valence-electron chi connectivity index (χ3n) is 3.55. The molecule has 0 fully saturated rings. The van der Waals surface area contributed by atoms with Crippen molar-refractivity contribution >= 4 is 39.0 Å². The molecule has 0 atom stereocenters. The van der Waals surface area contributed by atoms with Gasteiger partial charge in [-0.1, -0.05) is 41.4 Å². The standard InChI is InChI=1S/C18H14Cl2N2O3S/c1-12-14(19)6-4-8-17(12)26(23,24)22-18-10-9-13(11-21-18)25-16-7-3-2-5-15(16)20/h2-11H,1H3,(H,21,22). The predicted molar refractivity (Wildman–Crippen MR) is 103 cm³/mol. The van der Waals surface area contributed by atoms with E-state index in [4.69, 9.17) is 27.9 Å². The molecule has 0 radical (unpaired) electrons. The lowest BCUT2D eigenvalue weighted by Crippen LogP contribution is -2.15. The number of pyridine rings is 1. The summed E-state index contributed by atoms with van der Waals surface area (Å²) in [7, 11) is -3.80. The van der Waals surface area contributed by atoms with Gasteiger partial charge in [-0.2, -0.15) is 0 Å². The average molecular weight is 409 g/mol. The molecule has 0 aliphatic rings. The number of sulfonamides is 1. The zero-order chi connectivity index (χ0) is 18.7. The van der Waals surface area contributed by atoms with Crippen molar-refractivity contribution in [3.8, 4) is 11.5 Å². The highest BCUT2D eigenvalue weighted by molar-refractivity contribution is 7.92. The van der Waals surface area contributed by atoms with E-state index in [2.05, 4.69) is 9.71 Å². The largest absolute Gasteiger partial charge is 0.454 e. The van der Waals surface area contributed by atoms with Crippen molar-refractivity contribution < 1.29 is 13.2 Å². The second-order valence-electron chi connectivity index (χ2n) is 5.38. The Morgan fingerprint density at radius 1 is 0.962 bits per heavy atom. The summed E-state index contributed by atoms with van der Waals surface area (Å²) in [5, 5.41) is 0.845. The van der Waals surface area contributed by atoms with Crippen LogP contribution in [0.25, 0.3) is 0 Å². The zero-order valence-corrected chi connectivity index (χ0v) is 15.9. The molecular weight excluding hydrogens is 395 g/mol. The minimum atomic E-state index is -3.80. The first-order chi connectivity index (χ1) is 12.4. The topological polar surface area (TPSA) is 68.3 Å². The molecule has 0 aliphatic heterocycles. The van der Waals surface area contributed by atoms with Crippen LogP contribution >= 0.6 is 23.2 Å². The van der Waals surface area contributed by atoms with Crippen molar-refractivity contribution in [1.82, 2.24) is 4.98 Å². The Balaban J connectivity index is 1.79. The van der Waals surface area contributed by atoms with Crippen molar-refractivity contribution in [3.63, 3.8) is 0 Å². The maximum absolute atomic E-state index is 12.5. The van der Waals surface area contributed by atoms with Crippen LogP contribution in [0.4, 0.5) is 5.82 Å². The van der Waals surface area contributed by atoms with Gasteiger partial charge in [-0.3, -0.25) is 4.72 Å². The van der Waals surface area contributed by atoms with Crippen molar-refractivity contribution in [2.24, 2.45) is 0 Å². The Hall–Kier alpha value is -2.28. The number of hydrogen-bond acceptors (Lipinski definition) is 4. The summed E-state index contributed by atoms with van der Waals surface area (Å²) < 4.78 is 33.1. The zero-order valence-electron chi connectivity index (χ0n) is 13.6. The summed E-state index contributed by atoms with van der Waals surface area (Å²) in [5.74, 6) is 1.08. The lowest BCUT2D eigenvalue weighted by Gasteiger charge is -2.11. The van der Waals surface area contributed by atoms with Crippen LogP contribution < -0.4 is 9.46 Å². The highest BCUT2D eigenvalue weighted by Crippen LogP contribution is 2.29. The highest BCUT2D eigenvalue weighted by atomic mass is 35.5. The maximum atomic E-state index is 12.5. The van der Waals surface area contributed by atoms with Crippen LogP contribution in [0.1, 0.15) is 5.56 Å². The fourth-order valence-corrected chi connectivity index (χ4v) is 3.91. The lowest BCUT2D eigenvalue weighted by atomic mass is 10.2. The number of rotatable bonds is 5. The Morgan fingerprint density at radius 2 is 1.69 bits per heavy atom. The van der Waals surface area contributed by atoms with E-state index in [0.29, 0.717) is 27.1 Å². The van der Waals surface area contributed by atoms with E-state index in [0.717, 1.165) is 0 Å². The number of para-hydroxylation sites is 1. The Kier molecular flexibility index (Phi) is 5.36. The number of nitrogens with one attached hydrogen (secondary N) is 1. The molecule has 2 aromatic carbocycles. The minimum absolute atomic E-state index is 0.100.